The molecule has 0 saturated carbocycles. The molecule has 1 aromatic heterocycles. The molecule has 140 valence electrons. The van der Waals surface area contributed by atoms with Gasteiger partial charge in [-0.2, -0.15) is 4.98 Å². The minimum absolute atomic E-state index is 0.00551. The number of rotatable bonds is 3. The highest BCUT2D eigenvalue weighted by Gasteiger charge is 2.37. The summed E-state index contributed by atoms with van der Waals surface area (Å²) in [5.74, 6) is -1.12. The Morgan fingerprint density at radius 1 is 1.37 bits per heavy atom. The average Bonchev–Trinajstić information content (AvgIpc) is 3.25. The summed E-state index contributed by atoms with van der Waals surface area (Å²) in [4.78, 5) is 41.9. The maximum Gasteiger partial charge on any atom is 0.415 e. The summed E-state index contributed by atoms with van der Waals surface area (Å²) in [5, 5.41) is 2.40. The lowest BCUT2D eigenvalue weighted by atomic mass is 10.2. The van der Waals surface area contributed by atoms with E-state index in [2.05, 4.69) is 10.3 Å². The van der Waals surface area contributed by atoms with Gasteiger partial charge in [0.2, 0.25) is 0 Å². The van der Waals surface area contributed by atoms with Gasteiger partial charge < -0.3 is 19.4 Å². The Bertz CT molecular complexity index is 985. The number of nitrogens with one attached hydrogen (secondary N) is 1. The summed E-state index contributed by atoms with van der Waals surface area (Å²) in [6.07, 6.45) is 1.52. The van der Waals surface area contributed by atoms with Crippen molar-refractivity contribution in [1.29, 1.82) is 0 Å². The lowest BCUT2D eigenvalue weighted by Crippen LogP contribution is -2.35. The second kappa shape index (κ2) is 6.38. The van der Waals surface area contributed by atoms with E-state index in [0.29, 0.717) is 13.0 Å². The van der Waals surface area contributed by atoms with Gasteiger partial charge in [0.15, 0.2) is 23.3 Å². The number of fused-ring (bicyclic) bond motifs is 1. The zero-order chi connectivity index (χ0) is 19.1. The van der Waals surface area contributed by atoms with Crippen molar-refractivity contribution in [1.82, 2.24) is 10.3 Å². The highest BCUT2D eigenvalue weighted by Crippen LogP contribution is 2.31. The second-order valence-corrected chi connectivity index (χ2v) is 6.09. The van der Waals surface area contributed by atoms with Crippen molar-refractivity contribution in [2.75, 3.05) is 29.9 Å². The number of aromatic nitrogens is 1. The number of carbonyl (C=O) groups excluding carboxylic acids is 3. The zero-order valence-corrected chi connectivity index (χ0v) is 14.3. The number of amides is 2. The average molecular weight is 374 g/mol. The first-order valence-electron chi connectivity index (χ1n) is 8.24. The topological polar surface area (TPSA) is 105 Å². The molecule has 1 aromatic carbocycles. The molecule has 2 aliphatic rings. The van der Waals surface area contributed by atoms with Crippen molar-refractivity contribution in [2.45, 2.75) is 12.5 Å². The molecular formula is C17H15FN4O5. The summed E-state index contributed by atoms with van der Waals surface area (Å²) < 4.78 is 25.1. The molecule has 10 heteroatoms. The third-order valence-electron chi connectivity index (χ3n) is 4.37. The third kappa shape index (κ3) is 2.98. The van der Waals surface area contributed by atoms with Crippen molar-refractivity contribution in [3.8, 4) is 0 Å². The lowest BCUT2D eigenvalue weighted by Gasteiger charge is -2.17. The van der Waals surface area contributed by atoms with Gasteiger partial charge in [-0.05, 0) is 6.08 Å². The molecule has 0 radical (unpaired) electrons. The van der Waals surface area contributed by atoms with Crippen LogP contribution in [0, 0.1) is 5.82 Å². The number of allylic oxidation sites excluding steroid dienone is 1. The van der Waals surface area contributed by atoms with E-state index in [-0.39, 0.29) is 35.1 Å². The Morgan fingerprint density at radius 2 is 2.19 bits per heavy atom. The van der Waals surface area contributed by atoms with Crippen LogP contribution in [-0.4, -0.2) is 49.0 Å². The summed E-state index contributed by atoms with van der Waals surface area (Å²) in [6.45, 7) is 0.338. The first kappa shape index (κ1) is 17.0. The van der Waals surface area contributed by atoms with Crippen LogP contribution in [0.5, 0.6) is 0 Å². The van der Waals surface area contributed by atoms with Crippen molar-refractivity contribution in [3.63, 3.8) is 0 Å². The van der Waals surface area contributed by atoms with Crippen LogP contribution in [0.25, 0.3) is 11.1 Å². The van der Waals surface area contributed by atoms with E-state index in [0.717, 1.165) is 11.0 Å². The van der Waals surface area contributed by atoms with E-state index in [1.165, 1.54) is 25.4 Å². The van der Waals surface area contributed by atoms with Crippen LogP contribution >= 0.6 is 0 Å². The minimum atomic E-state index is -0.970. The maximum atomic E-state index is 14.5. The van der Waals surface area contributed by atoms with E-state index in [1.807, 2.05) is 0 Å². The zero-order valence-electron chi connectivity index (χ0n) is 14.3. The number of carbonyl (C=O) groups is 3. The molecular weight excluding hydrogens is 359 g/mol. The van der Waals surface area contributed by atoms with Gasteiger partial charge in [-0.3, -0.25) is 14.5 Å². The fourth-order valence-electron chi connectivity index (χ4n) is 2.93. The number of ketones is 1. The highest BCUT2D eigenvalue weighted by atomic mass is 19.1. The number of cyclic esters (lactones) is 1. The maximum absolute atomic E-state index is 14.5. The van der Waals surface area contributed by atoms with Crippen LogP contribution in [0.15, 0.2) is 28.8 Å². The molecule has 0 aliphatic carbocycles. The van der Waals surface area contributed by atoms with Gasteiger partial charge >= 0.3 is 12.1 Å². The molecule has 2 amide bonds. The molecule has 2 aromatic rings. The number of benzene rings is 1. The first-order valence-corrected chi connectivity index (χ1v) is 8.24. The Balaban J connectivity index is 1.66. The van der Waals surface area contributed by atoms with Gasteiger partial charge in [0, 0.05) is 38.3 Å². The van der Waals surface area contributed by atoms with Gasteiger partial charge in [-0.1, -0.05) is 0 Å². The van der Waals surface area contributed by atoms with E-state index in [4.69, 9.17) is 9.15 Å². The largest absolute Gasteiger partial charge is 0.434 e. The van der Waals surface area contributed by atoms with Gasteiger partial charge in [-0.25, -0.2) is 9.18 Å². The monoisotopic (exact) mass is 374 g/mol. The quantitative estimate of drug-likeness (QED) is 0.864. The standard InChI is InChI=1S/C17H15FN4O5/c1-19-15(24)13-8-22(17(25)27-13)9-6-11(18)14-12(7-9)26-16(20-14)21-4-2-10(23)3-5-21/h2,4,6-7,13H,3,5,8H2,1H3,(H,19,24)/t13-/m1/s1. The van der Waals surface area contributed by atoms with Crippen LogP contribution in [0.1, 0.15) is 6.42 Å². The Morgan fingerprint density at radius 3 is 2.89 bits per heavy atom. The molecule has 9 nitrogen and oxygen atoms in total. The second-order valence-electron chi connectivity index (χ2n) is 6.09. The number of nitrogens with zero attached hydrogens (tertiary/aromatic N) is 3. The Hall–Kier alpha value is -3.43. The van der Waals surface area contributed by atoms with Crippen LogP contribution < -0.4 is 15.1 Å². The van der Waals surface area contributed by atoms with Crippen molar-refractivity contribution >= 4 is 40.6 Å². The fraction of sp³-hybridized carbons (Fsp3) is 0.294. The molecule has 4 rings (SSSR count). The molecule has 2 aliphatic heterocycles. The minimum Gasteiger partial charge on any atom is -0.434 e. The summed E-state index contributed by atoms with van der Waals surface area (Å²) in [6, 6.07) is 2.75. The number of anilines is 2. The van der Waals surface area contributed by atoms with Crippen molar-refractivity contribution in [3.05, 3.63) is 30.2 Å². The first-order chi connectivity index (χ1) is 13.0. The van der Waals surface area contributed by atoms with Gasteiger partial charge in [-0.15, -0.1) is 0 Å². The van der Waals surface area contributed by atoms with E-state index in [9.17, 15) is 18.8 Å². The lowest BCUT2D eigenvalue weighted by molar-refractivity contribution is -0.127. The molecule has 3 heterocycles. The molecule has 0 spiro atoms. The van der Waals surface area contributed by atoms with Crippen LogP contribution in [0.2, 0.25) is 0 Å². The molecule has 0 unspecified atom stereocenters. The number of oxazole rings is 1. The number of hydrogen-bond donors (Lipinski definition) is 1. The fourth-order valence-corrected chi connectivity index (χ4v) is 2.93. The number of hydrogen-bond acceptors (Lipinski definition) is 7. The van der Waals surface area contributed by atoms with E-state index in [1.54, 1.807) is 4.90 Å². The number of likely N-dealkylation sites (N-methyl/N-ethyl adjacent to an activating group) is 1. The molecule has 1 N–H and O–H groups in total. The van der Waals surface area contributed by atoms with Crippen LogP contribution in [-0.2, 0) is 14.3 Å². The smallest absolute Gasteiger partial charge is 0.415 e. The summed E-state index contributed by atoms with van der Waals surface area (Å²) in [5.41, 5.74) is 0.347. The predicted molar refractivity (Wildman–Crippen MR) is 91.8 cm³/mol. The normalized spacial score (nSPS) is 19.7. The van der Waals surface area contributed by atoms with Crippen molar-refractivity contribution in [2.24, 2.45) is 0 Å². The number of ether oxygens (including phenoxy) is 1. The summed E-state index contributed by atoms with van der Waals surface area (Å²) in [7, 11) is 1.43. The predicted octanol–water partition coefficient (Wildman–Crippen LogP) is 1.33. The molecule has 0 bridgehead atoms. The van der Waals surface area contributed by atoms with Gasteiger partial charge in [0.25, 0.3) is 5.91 Å². The third-order valence-corrected chi connectivity index (χ3v) is 4.37. The number of halogens is 1. The Kier molecular flexibility index (Phi) is 4.02. The molecule has 1 fully saturated rings. The van der Waals surface area contributed by atoms with E-state index < -0.39 is 23.9 Å². The molecule has 1 saturated heterocycles. The molecule has 1 atom stereocenters. The Labute approximate surface area is 152 Å². The molecule has 27 heavy (non-hydrogen) atoms. The van der Waals surface area contributed by atoms with Crippen LogP contribution in [0.3, 0.4) is 0 Å². The van der Waals surface area contributed by atoms with Crippen molar-refractivity contribution < 1.29 is 27.9 Å². The van der Waals surface area contributed by atoms with Gasteiger partial charge in [0.1, 0.15) is 5.52 Å². The van der Waals surface area contributed by atoms with Crippen LogP contribution in [0.4, 0.5) is 20.9 Å². The van der Waals surface area contributed by atoms with E-state index >= 15 is 0 Å². The van der Waals surface area contributed by atoms with Gasteiger partial charge in [0.05, 0.1) is 12.2 Å². The SMILES string of the molecule is CNC(=O)[C@H]1CN(c2cc(F)c3nc(N4C=CC(=O)CC4)oc3c2)C(=O)O1. The highest BCUT2D eigenvalue weighted by molar-refractivity contribution is 5.97. The summed E-state index contributed by atoms with van der Waals surface area (Å²) >= 11 is 0.